The standard InChI is InChI=1S/C19H19FN2O4/c1-12(2)19(25)26-11-17(23)22-16-6-4-3-5-15(16)18(24)21-14-9-7-13(20)8-10-14/h3-10,12H,11H2,1-2H3,(H,21,24)(H,22,23). The molecule has 7 heteroatoms. The Kier molecular flexibility index (Phi) is 6.43. The van der Waals surface area contributed by atoms with E-state index in [-0.39, 0.29) is 17.2 Å². The van der Waals surface area contributed by atoms with Crippen LogP contribution in [0, 0.1) is 11.7 Å². The largest absolute Gasteiger partial charge is 0.455 e. The van der Waals surface area contributed by atoms with Gasteiger partial charge in [-0.3, -0.25) is 14.4 Å². The van der Waals surface area contributed by atoms with Gasteiger partial charge < -0.3 is 15.4 Å². The average Bonchev–Trinajstić information content (AvgIpc) is 2.62. The van der Waals surface area contributed by atoms with Gasteiger partial charge in [-0.15, -0.1) is 0 Å². The van der Waals surface area contributed by atoms with Crippen molar-refractivity contribution in [2.75, 3.05) is 17.2 Å². The Labute approximate surface area is 150 Å². The lowest BCUT2D eigenvalue weighted by molar-refractivity contribution is -0.150. The third kappa shape index (κ3) is 5.41. The van der Waals surface area contributed by atoms with Crippen molar-refractivity contribution in [2.45, 2.75) is 13.8 Å². The lowest BCUT2D eigenvalue weighted by Crippen LogP contribution is -2.24. The summed E-state index contributed by atoms with van der Waals surface area (Å²) < 4.78 is 17.8. The zero-order valence-corrected chi connectivity index (χ0v) is 14.4. The summed E-state index contributed by atoms with van der Waals surface area (Å²) in [5.41, 5.74) is 0.918. The van der Waals surface area contributed by atoms with E-state index in [1.54, 1.807) is 32.0 Å². The number of carbonyl (C=O) groups excluding carboxylic acids is 3. The Morgan fingerprint density at radius 3 is 2.31 bits per heavy atom. The van der Waals surface area contributed by atoms with Crippen LogP contribution in [0.4, 0.5) is 15.8 Å². The highest BCUT2D eigenvalue weighted by molar-refractivity contribution is 6.10. The van der Waals surface area contributed by atoms with Crippen LogP contribution < -0.4 is 10.6 Å². The van der Waals surface area contributed by atoms with Gasteiger partial charge in [0.15, 0.2) is 6.61 Å². The molecule has 0 aromatic heterocycles. The number of anilines is 2. The number of para-hydroxylation sites is 1. The molecular weight excluding hydrogens is 339 g/mol. The molecule has 0 fully saturated rings. The molecule has 6 nitrogen and oxygen atoms in total. The van der Waals surface area contributed by atoms with E-state index in [9.17, 15) is 18.8 Å². The number of esters is 1. The molecular formula is C19H19FN2O4. The van der Waals surface area contributed by atoms with Crippen molar-refractivity contribution < 1.29 is 23.5 Å². The molecule has 136 valence electrons. The summed E-state index contributed by atoms with van der Waals surface area (Å²) >= 11 is 0. The normalized spacial score (nSPS) is 10.3. The van der Waals surface area contributed by atoms with Gasteiger partial charge in [0.1, 0.15) is 5.82 Å². The van der Waals surface area contributed by atoms with Crippen molar-refractivity contribution >= 4 is 29.2 Å². The fourth-order valence-electron chi connectivity index (χ4n) is 2.01. The van der Waals surface area contributed by atoms with Crippen molar-refractivity contribution in [2.24, 2.45) is 5.92 Å². The van der Waals surface area contributed by atoms with E-state index in [4.69, 9.17) is 4.74 Å². The Morgan fingerprint density at radius 1 is 1.00 bits per heavy atom. The van der Waals surface area contributed by atoms with Gasteiger partial charge in [-0.1, -0.05) is 26.0 Å². The van der Waals surface area contributed by atoms with Crippen LogP contribution in [0.15, 0.2) is 48.5 Å². The Morgan fingerprint density at radius 2 is 1.65 bits per heavy atom. The summed E-state index contributed by atoms with van der Waals surface area (Å²) in [4.78, 5) is 35.8. The van der Waals surface area contributed by atoms with Crippen LogP contribution in [-0.4, -0.2) is 24.4 Å². The number of rotatable bonds is 6. The first-order valence-electron chi connectivity index (χ1n) is 7.99. The van der Waals surface area contributed by atoms with Crippen LogP contribution in [-0.2, 0) is 14.3 Å². The minimum absolute atomic E-state index is 0.223. The molecule has 0 heterocycles. The quantitative estimate of drug-likeness (QED) is 0.777. The van der Waals surface area contributed by atoms with Crippen LogP contribution in [0.2, 0.25) is 0 Å². The molecule has 2 rings (SSSR count). The number of halogens is 1. The number of ether oxygens (including phenoxy) is 1. The fraction of sp³-hybridized carbons (Fsp3) is 0.211. The first-order chi connectivity index (χ1) is 12.4. The Hall–Kier alpha value is -3.22. The maximum absolute atomic E-state index is 12.9. The molecule has 26 heavy (non-hydrogen) atoms. The highest BCUT2D eigenvalue weighted by Gasteiger charge is 2.15. The predicted octanol–water partition coefficient (Wildman–Crippen LogP) is 3.22. The number of amides is 2. The molecule has 0 atom stereocenters. The molecule has 2 aromatic carbocycles. The average molecular weight is 358 g/mol. The molecule has 0 aliphatic carbocycles. The first-order valence-corrected chi connectivity index (χ1v) is 7.99. The van der Waals surface area contributed by atoms with Crippen LogP contribution in [0.5, 0.6) is 0 Å². The first kappa shape index (κ1) is 19.1. The van der Waals surface area contributed by atoms with Gasteiger partial charge in [-0.05, 0) is 36.4 Å². The van der Waals surface area contributed by atoms with Crippen molar-refractivity contribution in [3.05, 3.63) is 59.9 Å². The summed E-state index contributed by atoms with van der Waals surface area (Å²) in [5.74, 6) is -2.25. The molecule has 0 spiro atoms. The topological polar surface area (TPSA) is 84.5 Å². The van der Waals surface area contributed by atoms with Gasteiger partial charge in [0.25, 0.3) is 11.8 Å². The number of benzene rings is 2. The Balaban J connectivity index is 2.04. The van der Waals surface area contributed by atoms with Crippen molar-refractivity contribution in [1.29, 1.82) is 0 Å². The van der Waals surface area contributed by atoms with E-state index >= 15 is 0 Å². The smallest absolute Gasteiger partial charge is 0.308 e. The van der Waals surface area contributed by atoms with Gasteiger partial charge in [-0.2, -0.15) is 0 Å². The molecule has 2 aromatic rings. The van der Waals surface area contributed by atoms with E-state index in [1.165, 1.54) is 30.3 Å². The maximum Gasteiger partial charge on any atom is 0.308 e. The lowest BCUT2D eigenvalue weighted by Gasteiger charge is -2.12. The summed E-state index contributed by atoms with van der Waals surface area (Å²) in [6, 6.07) is 11.7. The number of nitrogens with one attached hydrogen (secondary N) is 2. The summed E-state index contributed by atoms with van der Waals surface area (Å²) in [6.45, 7) is 2.88. The molecule has 0 aliphatic heterocycles. The van der Waals surface area contributed by atoms with Crippen LogP contribution in [0.25, 0.3) is 0 Å². The Bertz CT molecular complexity index is 803. The maximum atomic E-state index is 12.9. The second kappa shape index (κ2) is 8.75. The molecule has 0 aliphatic rings. The molecule has 0 unspecified atom stereocenters. The second-order valence-electron chi connectivity index (χ2n) is 5.82. The fourth-order valence-corrected chi connectivity index (χ4v) is 2.01. The van der Waals surface area contributed by atoms with Gasteiger partial charge in [0.2, 0.25) is 0 Å². The molecule has 0 saturated carbocycles. The van der Waals surface area contributed by atoms with Gasteiger partial charge in [0.05, 0.1) is 17.2 Å². The van der Waals surface area contributed by atoms with Crippen molar-refractivity contribution in [3.63, 3.8) is 0 Å². The van der Waals surface area contributed by atoms with Gasteiger partial charge in [0, 0.05) is 5.69 Å². The van der Waals surface area contributed by atoms with Gasteiger partial charge >= 0.3 is 5.97 Å². The highest BCUT2D eigenvalue weighted by Crippen LogP contribution is 2.18. The SMILES string of the molecule is CC(C)C(=O)OCC(=O)Nc1ccccc1C(=O)Nc1ccc(F)cc1. The minimum atomic E-state index is -0.555. The number of carbonyl (C=O) groups is 3. The van der Waals surface area contributed by atoms with Crippen molar-refractivity contribution in [3.8, 4) is 0 Å². The summed E-state index contributed by atoms with van der Waals surface area (Å²) in [7, 11) is 0. The molecule has 2 amide bonds. The highest BCUT2D eigenvalue weighted by atomic mass is 19.1. The van der Waals surface area contributed by atoms with Crippen LogP contribution in [0.1, 0.15) is 24.2 Å². The van der Waals surface area contributed by atoms with Crippen LogP contribution in [0.3, 0.4) is 0 Å². The molecule has 0 saturated heterocycles. The van der Waals surface area contributed by atoms with E-state index in [0.29, 0.717) is 5.69 Å². The monoisotopic (exact) mass is 358 g/mol. The van der Waals surface area contributed by atoms with Crippen molar-refractivity contribution in [1.82, 2.24) is 0 Å². The van der Waals surface area contributed by atoms with Crippen LogP contribution >= 0.6 is 0 Å². The molecule has 0 radical (unpaired) electrons. The zero-order valence-electron chi connectivity index (χ0n) is 14.4. The lowest BCUT2D eigenvalue weighted by atomic mass is 10.1. The number of hydrogen-bond acceptors (Lipinski definition) is 4. The van der Waals surface area contributed by atoms with Gasteiger partial charge in [-0.25, -0.2) is 4.39 Å². The summed E-state index contributed by atoms with van der Waals surface area (Å²) in [5, 5.41) is 5.17. The second-order valence-corrected chi connectivity index (χ2v) is 5.82. The zero-order chi connectivity index (χ0) is 19.1. The predicted molar refractivity (Wildman–Crippen MR) is 95.2 cm³/mol. The van der Waals surface area contributed by atoms with E-state index in [1.807, 2.05) is 0 Å². The summed E-state index contributed by atoms with van der Waals surface area (Å²) in [6.07, 6.45) is 0. The molecule has 2 N–H and O–H groups in total. The van der Waals surface area contributed by atoms with E-state index < -0.39 is 30.2 Å². The minimum Gasteiger partial charge on any atom is -0.455 e. The molecule has 0 bridgehead atoms. The third-order valence-corrected chi connectivity index (χ3v) is 3.36. The van der Waals surface area contributed by atoms with E-state index in [0.717, 1.165) is 0 Å². The van der Waals surface area contributed by atoms with E-state index in [2.05, 4.69) is 10.6 Å². The third-order valence-electron chi connectivity index (χ3n) is 3.36. The number of hydrogen-bond donors (Lipinski definition) is 2.